The van der Waals surface area contributed by atoms with E-state index in [0.717, 1.165) is 4.31 Å². The molecule has 0 atom stereocenters. The average Bonchev–Trinajstić information content (AvgIpc) is 2.35. The Kier molecular flexibility index (Phi) is 2.89. The molecule has 7 heteroatoms. The second-order valence-electron chi connectivity index (χ2n) is 4.83. The van der Waals surface area contributed by atoms with Crippen LogP contribution in [0, 0.1) is 0 Å². The summed E-state index contributed by atoms with van der Waals surface area (Å²) >= 11 is 0. The number of nitrogens with zero attached hydrogens (tertiary/aromatic N) is 1. The van der Waals surface area contributed by atoms with Crippen LogP contribution in [0.3, 0.4) is 0 Å². The molecule has 1 fully saturated rings. The van der Waals surface area contributed by atoms with Gasteiger partial charge in [-0.25, -0.2) is 17.5 Å². The minimum Gasteiger partial charge on any atom is -0.478 e. The third-order valence-corrected chi connectivity index (χ3v) is 5.52. The first-order valence-corrected chi connectivity index (χ1v) is 7.01. The van der Waals surface area contributed by atoms with Gasteiger partial charge in [-0.1, -0.05) is 12.1 Å². The Morgan fingerprint density at radius 1 is 1.37 bits per heavy atom. The van der Waals surface area contributed by atoms with E-state index < -0.39 is 26.6 Å². The highest BCUT2D eigenvalue weighted by atomic mass is 32.2. The zero-order chi connectivity index (χ0) is 14.4. The van der Waals surface area contributed by atoms with Gasteiger partial charge in [0.05, 0.1) is 12.1 Å². The molecule has 1 N–H and O–H groups in total. The molecule has 0 unspecified atom stereocenters. The molecule has 0 aromatic heterocycles. The van der Waals surface area contributed by atoms with Gasteiger partial charge < -0.3 is 5.11 Å². The first-order valence-electron chi connectivity index (χ1n) is 5.57. The van der Waals surface area contributed by atoms with Crippen molar-refractivity contribution in [3.05, 3.63) is 35.4 Å². The molecule has 1 aliphatic rings. The molecule has 2 rings (SSSR count). The van der Waals surface area contributed by atoms with E-state index in [1.807, 2.05) is 0 Å². The number of aromatic carboxylic acids is 1. The lowest BCUT2D eigenvalue weighted by Gasteiger charge is -2.43. The number of carbonyl (C=O) groups is 2. The number of amides is 1. The molecule has 0 spiro atoms. The second kappa shape index (κ2) is 4.06. The number of carboxylic acid groups (broad SMARTS) is 1. The molecule has 1 saturated heterocycles. The summed E-state index contributed by atoms with van der Waals surface area (Å²) in [6.07, 6.45) is 0. The Balaban J connectivity index is 2.27. The molecule has 6 nitrogen and oxygen atoms in total. The summed E-state index contributed by atoms with van der Waals surface area (Å²) in [6.45, 7) is 2.58. The highest BCUT2D eigenvalue weighted by Crippen LogP contribution is 2.36. The van der Waals surface area contributed by atoms with E-state index in [4.69, 9.17) is 5.11 Å². The summed E-state index contributed by atoms with van der Waals surface area (Å²) in [6, 6.07) is 5.86. The predicted octanol–water partition coefficient (Wildman–Crippen LogP) is 0.835. The van der Waals surface area contributed by atoms with Crippen molar-refractivity contribution < 1.29 is 23.1 Å². The highest BCUT2D eigenvalue weighted by Gasteiger charge is 2.59. The molecule has 1 heterocycles. The molecule has 1 aromatic rings. The minimum atomic E-state index is -3.64. The first kappa shape index (κ1) is 13.5. The Labute approximate surface area is 110 Å². The molecule has 0 radical (unpaired) electrons. The monoisotopic (exact) mass is 283 g/mol. The topological polar surface area (TPSA) is 91.8 Å². The van der Waals surface area contributed by atoms with Crippen LogP contribution in [0.2, 0.25) is 0 Å². The SMILES string of the molecule is CC1(C)C(=O)N(Cc2cccc(C(=O)O)c2)S1(=O)=O. The Morgan fingerprint density at radius 3 is 2.53 bits per heavy atom. The van der Waals surface area contributed by atoms with Crippen LogP contribution in [-0.2, 0) is 21.4 Å². The number of sulfonamides is 1. The normalized spacial score (nSPS) is 19.9. The van der Waals surface area contributed by atoms with Gasteiger partial charge in [-0.3, -0.25) is 4.79 Å². The van der Waals surface area contributed by atoms with Gasteiger partial charge in [0.1, 0.15) is 0 Å². The lowest BCUT2D eigenvalue weighted by Crippen LogP contribution is -2.66. The van der Waals surface area contributed by atoms with Gasteiger partial charge in [0, 0.05) is 0 Å². The largest absolute Gasteiger partial charge is 0.478 e. The van der Waals surface area contributed by atoms with Gasteiger partial charge in [-0.05, 0) is 31.5 Å². The van der Waals surface area contributed by atoms with Crippen molar-refractivity contribution in [2.45, 2.75) is 25.1 Å². The van der Waals surface area contributed by atoms with Crippen molar-refractivity contribution in [3.63, 3.8) is 0 Å². The molecular formula is C12H13NO5S. The number of hydrogen-bond acceptors (Lipinski definition) is 4. The van der Waals surface area contributed by atoms with Crippen LogP contribution >= 0.6 is 0 Å². The smallest absolute Gasteiger partial charge is 0.335 e. The molecule has 0 bridgehead atoms. The van der Waals surface area contributed by atoms with E-state index in [2.05, 4.69) is 0 Å². The third kappa shape index (κ3) is 1.90. The van der Waals surface area contributed by atoms with Gasteiger partial charge >= 0.3 is 5.97 Å². The number of carbonyl (C=O) groups excluding carboxylic acids is 1. The maximum Gasteiger partial charge on any atom is 0.335 e. The first-order chi connectivity index (χ1) is 8.68. The molecule has 102 valence electrons. The zero-order valence-corrected chi connectivity index (χ0v) is 11.3. The molecular weight excluding hydrogens is 270 g/mol. The summed E-state index contributed by atoms with van der Waals surface area (Å²) in [5, 5.41) is 8.85. The molecule has 1 aliphatic heterocycles. The predicted molar refractivity (Wildman–Crippen MR) is 67.0 cm³/mol. The zero-order valence-electron chi connectivity index (χ0n) is 10.5. The third-order valence-electron chi connectivity index (χ3n) is 3.18. The van der Waals surface area contributed by atoms with Crippen LogP contribution in [0.4, 0.5) is 0 Å². The minimum absolute atomic E-state index is 0.0575. The van der Waals surface area contributed by atoms with Gasteiger partial charge in [-0.2, -0.15) is 0 Å². The Morgan fingerprint density at radius 2 is 2.00 bits per heavy atom. The average molecular weight is 283 g/mol. The Bertz CT molecular complexity index is 662. The lowest BCUT2D eigenvalue weighted by atomic mass is 10.1. The number of rotatable bonds is 3. The van der Waals surface area contributed by atoms with Crippen LogP contribution < -0.4 is 0 Å². The van der Waals surface area contributed by atoms with Gasteiger partial charge in [0.15, 0.2) is 4.75 Å². The maximum absolute atomic E-state index is 11.9. The molecule has 1 amide bonds. The van der Waals surface area contributed by atoms with Crippen molar-refractivity contribution >= 4 is 21.9 Å². The fourth-order valence-corrected chi connectivity index (χ4v) is 3.40. The molecule has 1 aromatic carbocycles. The van der Waals surface area contributed by atoms with Crippen LogP contribution in [0.1, 0.15) is 29.8 Å². The molecule has 19 heavy (non-hydrogen) atoms. The summed E-state index contributed by atoms with van der Waals surface area (Å²) in [5.74, 6) is -1.58. The molecule has 0 aliphatic carbocycles. The van der Waals surface area contributed by atoms with Crippen LogP contribution in [0.25, 0.3) is 0 Å². The number of carboxylic acids is 1. The summed E-state index contributed by atoms with van der Waals surface area (Å²) in [7, 11) is -3.64. The summed E-state index contributed by atoms with van der Waals surface area (Å²) in [5.41, 5.74) is 0.523. The second-order valence-corrected chi connectivity index (χ2v) is 7.24. The summed E-state index contributed by atoms with van der Waals surface area (Å²) < 4.78 is 23.2. The van der Waals surface area contributed by atoms with E-state index in [9.17, 15) is 18.0 Å². The fourth-order valence-electron chi connectivity index (χ4n) is 1.88. The van der Waals surface area contributed by atoms with Crippen molar-refractivity contribution in [3.8, 4) is 0 Å². The van der Waals surface area contributed by atoms with E-state index >= 15 is 0 Å². The van der Waals surface area contributed by atoms with Gasteiger partial charge in [-0.15, -0.1) is 0 Å². The van der Waals surface area contributed by atoms with Crippen molar-refractivity contribution in [2.24, 2.45) is 0 Å². The fraction of sp³-hybridized carbons (Fsp3) is 0.333. The number of benzene rings is 1. The van der Waals surface area contributed by atoms with E-state index in [1.165, 1.54) is 32.0 Å². The quantitative estimate of drug-likeness (QED) is 0.887. The standard InChI is InChI=1S/C12H13NO5S/c1-12(2)11(16)13(19(12,17)18)7-8-4-3-5-9(6-8)10(14)15/h3-6H,7H2,1-2H3,(H,14,15). The lowest BCUT2D eigenvalue weighted by molar-refractivity contribution is -0.132. The Hall–Kier alpha value is -1.89. The summed E-state index contributed by atoms with van der Waals surface area (Å²) in [4.78, 5) is 22.6. The van der Waals surface area contributed by atoms with Crippen LogP contribution in [0.5, 0.6) is 0 Å². The van der Waals surface area contributed by atoms with Crippen molar-refractivity contribution in [1.29, 1.82) is 0 Å². The van der Waals surface area contributed by atoms with Crippen molar-refractivity contribution in [2.75, 3.05) is 0 Å². The van der Waals surface area contributed by atoms with Crippen molar-refractivity contribution in [1.82, 2.24) is 4.31 Å². The van der Waals surface area contributed by atoms with Gasteiger partial charge in [0.25, 0.3) is 15.9 Å². The maximum atomic E-state index is 11.9. The van der Waals surface area contributed by atoms with Gasteiger partial charge in [0.2, 0.25) is 0 Å². The van der Waals surface area contributed by atoms with Crippen LogP contribution in [-0.4, -0.2) is 34.5 Å². The van der Waals surface area contributed by atoms with Crippen LogP contribution in [0.15, 0.2) is 24.3 Å². The number of hydrogen-bond donors (Lipinski definition) is 1. The molecule has 0 saturated carbocycles. The van der Waals surface area contributed by atoms with E-state index in [1.54, 1.807) is 6.07 Å². The van der Waals surface area contributed by atoms with E-state index in [0.29, 0.717) is 5.56 Å². The highest BCUT2D eigenvalue weighted by molar-refractivity contribution is 7.94. The van der Waals surface area contributed by atoms with E-state index in [-0.39, 0.29) is 12.1 Å².